The third-order valence-corrected chi connectivity index (χ3v) is 5.63. The molecule has 3 heterocycles. The van der Waals surface area contributed by atoms with Gasteiger partial charge in [0.1, 0.15) is 10.9 Å². The minimum Gasteiger partial charge on any atom is -0.342 e. The number of H-pyrrole nitrogens is 1. The lowest BCUT2D eigenvalue weighted by molar-refractivity contribution is 0.0668. The highest BCUT2D eigenvalue weighted by Gasteiger charge is 2.26. The van der Waals surface area contributed by atoms with Crippen molar-refractivity contribution in [2.45, 2.75) is 24.3 Å². The molecule has 6 heteroatoms. The molecule has 1 aliphatic heterocycles. The largest absolute Gasteiger partial charge is 0.342 e. The highest BCUT2D eigenvalue weighted by atomic mass is 32.2. The summed E-state index contributed by atoms with van der Waals surface area (Å²) < 4.78 is 0. The number of rotatable bonds is 4. The Balaban J connectivity index is 1.47. The monoisotopic (exact) mass is 366 g/mol. The van der Waals surface area contributed by atoms with Crippen LogP contribution in [-0.2, 0) is 6.42 Å². The number of piperidine rings is 1. The van der Waals surface area contributed by atoms with Crippen LogP contribution in [0.5, 0.6) is 0 Å². The molecule has 1 amide bonds. The number of carbonyl (C=O) groups excluding carboxylic acids is 1. The second kappa shape index (κ2) is 7.50. The molecule has 4 rings (SSSR count). The van der Waals surface area contributed by atoms with Gasteiger partial charge in [-0.05, 0) is 49.3 Å². The molecule has 1 aromatic carbocycles. The fourth-order valence-corrected chi connectivity index (χ4v) is 4.22. The smallest absolute Gasteiger partial charge is 0.256 e. The fourth-order valence-electron chi connectivity index (χ4n) is 3.68. The molecule has 26 heavy (non-hydrogen) atoms. The lowest BCUT2D eigenvalue weighted by atomic mass is 9.94. The molecule has 1 unspecified atom stereocenters. The van der Waals surface area contributed by atoms with Crippen molar-refractivity contribution in [2.24, 2.45) is 5.92 Å². The molecule has 0 saturated carbocycles. The number of amides is 1. The Kier molecular flexibility index (Phi) is 4.93. The molecule has 2 aromatic heterocycles. The third-order valence-electron chi connectivity index (χ3n) is 4.92. The number of aromatic amines is 1. The molecule has 1 saturated heterocycles. The molecule has 0 spiro atoms. The van der Waals surface area contributed by atoms with Gasteiger partial charge in [-0.2, -0.15) is 0 Å². The highest BCUT2D eigenvalue weighted by Crippen LogP contribution is 2.25. The van der Waals surface area contributed by atoms with Crippen LogP contribution in [0.15, 0.2) is 47.6 Å². The van der Waals surface area contributed by atoms with Crippen LogP contribution in [0.4, 0.5) is 0 Å². The minimum atomic E-state index is 0.0942. The molecule has 1 atom stereocenters. The van der Waals surface area contributed by atoms with Crippen LogP contribution < -0.4 is 0 Å². The Hall–Kier alpha value is -2.34. The molecule has 1 fully saturated rings. The molecule has 0 radical (unpaired) electrons. The van der Waals surface area contributed by atoms with E-state index in [1.165, 1.54) is 11.8 Å². The number of nitrogens with one attached hydrogen (secondary N) is 1. The van der Waals surface area contributed by atoms with Gasteiger partial charge >= 0.3 is 0 Å². The van der Waals surface area contributed by atoms with E-state index in [9.17, 15) is 4.79 Å². The van der Waals surface area contributed by atoms with E-state index in [1.54, 1.807) is 6.20 Å². The van der Waals surface area contributed by atoms with Gasteiger partial charge in [-0.25, -0.2) is 9.97 Å². The Morgan fingerprint density at radius 1 is 1.31 bits per heavy atom. The Morgan fingerprint density at radius 3 is 3.04 bits per heavy atom. The molecule has 3 aromatic rings. The van der Waals surface area contributed by atoms with Crippen molar-refractivity contribution in [2.75, 3.05) is 19.3 Å². The first kappa shape index (κ1) is 17.1. The summed E-state index contributed by atoms with van der Waals surface area (Å²) in [5.41, 5.74) is 2.79. The van der Waals surface area contributed by atoms with Crippen LogP contribution in [0.1, 0.15) is 29.0 Å². The average Bonchev–Trinajstić information content (AvgIpc) is 3.09. The molecule has 134 valence electrons. The predicted molar refractivity (Wildman–Crippen MR) is 104 cm³/mol. The van der Waals surface area contributed by atoms with Crippen LogP contribution in [0, 0.1) is 5.92 Å². The predicted octanol–water partition coefficient (Wildman–Crippen LogP) is 3.77. The van der Waals surface area contributed by atoms with E-state index in [0.717, 1.165) is 54.2 Å². The van der Waals surface area contributed by atoms with Crippen molar-refractivity contribution in [3.05, 3.63) is 54.0 Å². The summed E-state index contributed by atoms with van der Waals surface area (Å²) >= 11 is 1.52. The first-order valence-corrected chi connectivity index (χ1v) is 10.2. The zero-order chi connectivity index (χ0) is 17.9. The van der Waals surface area contributed by atoms with Gasteiger partial charge in [0.2, 0.25) is 0 Å². The summed E-state index contributed by atoms with van der Waals surface area (Å²) in [5.74, 6) is 1.54. The van der Waals surface area contributed by atoms with Crippen LogP contribution in [0.25, 0.3) is 11.0 Å². The lowest BCUT2D eigenvalue weighted by Crippen LogP contribution is -2.40. The number of thioether (sulfide) groups is 1. The number of likely N-dealkylation sites (tertiary alicyclic amines) is 1. The second-order valence-corrected chi connectivity index (χ2v) is 7.52. The van der Waals surface area contributed by atoms with Crippen molar-refractivity contribution in [3.63, 3.8) is 0 Å². The summed E-state index contributed by atoms with van der Waals surface area (Å²) in [7, 11) is 0. The SMILES string of the molecule is CSc1ncccc1C(=O)N1CCCC(Cc2nc3ccccc3[nH]2)C1. The van der Waals surface area contributed by atoms with Crippen LogP contribution in [0.2, 0.25) is 0 Å². The van der Waals surface area contributed by atoms with E-state index in [0.29, 0.717) is 11.5 Å². The molecule has 5 nitrogen and oxygen atoms in total. The number of hydrogen-bond donors (Lipinski definition) is 1. The molecular formula is C20H22N4OS. The van der Waals surface area contributed by atoms with Crippen molar-refractivity contribution in [1.82, 2.24) is 19.9 Å². The van der Waals surface area contributed by atoms with Crippen molar-refractivity contribution in [1.29, 1.82) is 0 Å². The topological polar surface area (TPSA) is 61.9 Å². The van der Waals surface area contributed by atoms with Gasteiger partial charge in [-0.3, -0.25) is 4.79 Å². The van der Waals surface area contributed by atoms with Crippen LogP contribution in [0.3, 0.4) is 0 Å². The summed E-state index contributed by atoms with van der Waals surface area (Å²) in [5, 5.41) is 0.803. The van der Waals surface area contributed by atoms with Crippen molar-refractivity contribution in [3.8, 4) is 0 Å². The lowest BCUT2D eigenvalue weighted by Gasteiger charge is -2.32. The number of carbonyl (C=O) groups is 1. The number of hydrogen-bond acceptors (Lipinski definition) is 4. The van der Waals surface area contributed by atoms with E-state index in [-0.39, 0.29) is 5.91 Å². The van der Waals surface area contributed by atoms with E-state index < -0.39 is 0 Å². The van der Waals surface area contributed by atoms with Crippen LogP contribution in [-0.4, -0.2) is 45.1 Å². The molecule has 1 N–H and O–H groups in total. The zero-order valence-electron chi connectivity index (χ0n) is 14.8. The van der Waals surface area contributed by atoms with Gasteiger partial charge in [0.15, 0.2) is 0 Å². The quantitative estimate of drug-likeness (QED) is 0.714. The number of para-hydroxylation sites is 2. The number of pyridine rings is 1. The van der Waals surface area contributed by atoms with Gasteiger partial charge < -0.3 is 9.88 Å². The standard InChI is InChI=1S/C20H22N4OS/c1-26-19-15(7-4-10-21-19)20(25)24-11-5-6-14(13-24)12-18-22-16-8-2-3-9-17(16)23-18/h2-4,7-10,14H,5-6,11-13H2,1H3,(H,22,23). The maximum Gasteiger partial charge on any atom is 0.256 e. The zero-order valence-corrected chi connectivity index (χ0v) is 15.6. The summed E-state index contributed by atoms with van der Waals surface area (Å²) in [6.45, 7) is 1.59. The highest BCUT2D eigenvalue weighted by molar-refractivity contribution is 7.98. The fraction of sp³-hybridized carbons (Fsp3) is 0.350. The maximum atomic E-state index is 13.0. The van der Waals surface area contributed by atoms with E-state index in [2.05, 4.69) is 21.0 Å². The van der Waals surface area contributed by atoms with Crippen molar-refractivity contribution >= 4 is 28.7 Å². The molecule has 1 aliphatic rings. The second-order valence-electron chi connectivity index (χ2n) is 6.72. The Morgan fingerprint density at radius 2 is 2.19 bits per heavy atom. The normalized spacial score (nSPS) is 17.6. The van der Waals surface area contributed by atoms with Gasteiger partial charge in [-0.1, -0.05) is 12.1 Å². The Labute approximate surface area is 157 Å². The average molecular weight is 366 g/mol. The molecule has 0 aliphatic carbocycles. The third kappa shape index (κ3) is 3.46. The van der Waals surface area contributed by atoms with Crippen LogP contribution >= 0.6 is 11.8 Å². The summed E-state index contributed by atoms with van der Waals surface area (Å²) in [6.07, 6.45) is 6.73. The van der Waals surface area contributed by atoms with E-state index in [4.69, 9.17) is 0 Å². The maximum absolute atomic E-state index is 13.0. The summed E-state index contributed by atoms with van der Waals surface area (Å²) in [4.78, 5) is 27.4. The van der Waals surface area contributed by atoms with Gasteiger partial charge in [0, 0.05) is 25.7 Å². The first-order valence-electron chi connectivity index (χ1n) is 8.96. The van der Waals surface area contributed by atoms with E-state index >= 15 is 0 Å². The molecular weight excluding hydrogens is 344 g/mol. The Bertz CT molecular complexity index is 890. The molecule has 0 bridgehead atoms. The summed E-state index contributed by atoms with van der Waals surface area (Å²) in [6, 6.07) is 11.8. The number of benzene rings is 1. The van der Waals surface area contributed by atoms with Gasteiger partial charge in [-0.15, -0.1) is 11.8 Å². The van der Waals surface area contributed by atoms with Gasteiger partial charge in [0.05, 0.1) is 16.6 Å². The number of imidazole rings is 1. The number of nitrogens with zero attached hydrogens (tertiary/aromatic N) is 3. The first-order chi connectivity index (χ1) is 12.7. The van der Waals surface area contributed by atoms with Gasteiger partial charge in [0.25, 0.3) is 5.91 Å². The van der Waals surface area contributed by atoms with E-state index in [1.807, 2.05) is 41.5 Å². The number of fused-ring (bicyclic) bond motifs is 1. The van der Waals surface area contributed by atoms with Crippen molar-refractivity contribution < 1.29 is 4.79 Å². The minimum absolute atomic E-state index is 0.0942. The number of aromatic nitrogens is 3.